The number of anilines is 1. The van der Waals surface area contributed by atoms with E-state index in [0.717, 1.165) is 0 Å². The number of carbonyl (C=O) groups excluding carboxylic acids is 4. The van der Waals surface area contributed by atoms with E-state index in [1.54, 1.807) is 30.3 Å². The fourth-order valence-electron chi connectivity index (χ4n) is 2.55. The third-order valence-corrected chi connectivity index (χ3v) is 4.27. The zero-order chi connectivity index (χ0) is 20.1. The van der Waals surface area contributed by atoms with Crippen LogP contribution in [0.1, 0.15) is 33.6 Å². The van der Waals surface area contributed by atoms with Gasteiger partial charge in [0.1, 0.15) is 5.75 Å². The van der Waals surface area contributed by atoms with Gasteiger partial charge in [-0.3, -0.25) is 19.2 Å². The molecule has 8 heteroatoms. The highest BCUT2D eigenvalue weighted by Gasteiger charge is 2.19. The molecule has 0 fully saturated rings. The molecule has 3 rings (SSSR count). The number of Topliss-reactive ketones (excluding diaryl/α,β-unsaturated/α-hetero) is 2. The van der Waals surface area contributed by atoms with Crippen LogP contribution in [-0.2, 0) is 14.3 Å². The molecule has 144 valence electrons. The van der Waals surface area contributed by atoms with Crippen molar-refractivity contribution >= 4 is 40.7 Å². The minimum Gasteiger partial charge on any atom is -0.482 e. The van der Waals surface area contributed by atoms with Gasteiger partial charge in [-0.15, -0.1) is 0 Å². The minimum atomic E-state index is -0.648. The highest BCUT2D eigenvalue weighted by molar-refractivity contribution is 6.30. The molecular weight excluding hydrogens is 386 g/mol. The molecule has 0 aliphatic carbocycles. The van der Waals surface area contributed by atoms with Crippen LogP contribution in [-0.4, -0.2) is 36.7 Å². The van der Waals surface area contributed by atoms with Gasteiger partial charge in [0.2, 0.25) is 0 Å². The standard InChI is InChI=1S/C20H16ClNO6/c21-14-4-1-12(2-5-14)16(23)6-8-20(26)28-10-17(24)13-3-7-18-15(9-13)22-19(25)11-27-18/h1-5,7,9H,6,8,10-11H2,(H,22,25). The smallest absolute Gasteiger partial charge is 0.306 e. The molecule has 0 unspecified atom stereocenters. The molecule has 0 saturated heterocycles. The maximum Gasteiger partial charge on any atom is 0.306 e. The maximum absolute atomic E-state index is 12.2. The third-order valence-electron chi connectivity index (χ3n) is 4.02. The number of ketones is 2. The van der Waals surface area contributed by atoms with E-state index in [4.69, 9.17) is 21.1 Å². The number of amides is 1. The van der Waals surface area contributed by atoms with Crippen molar-refractivity contribution in [3.05, 3.63) is 58.6 Å². The van der Waals surface area contributed by atoms with Crippen LogP contribution in [0.2, 0.25) is 5.02 Å². The van der Waals surface area contributed by atoms with Gasteiger partial charge in [-0.2, -0.15) is 0 Å². The van der Waals surface area contributed by atoms with Crippen molar-refractivity contribution < 1.29 is 28.7 Å². The van der Waals surface area contributed by atoms with Crippen molar-refractivity contribution in [2.24, 2.45) is 0 Å². The number of rotatable bonds is 7. The van der Waals surface area contributed by atoms with E-state index in [-0.39, 0.29) is 36.7 Å². The van der Waals surface area contributed by atoms with Gasteiger partial charge in [0.15, 0.2) is 24.8 Å². The average molecular weight is 402 g/mol. The number of halogens is 1. The van der Waals surface area contributed by atoms with E-state index in [9.17, 15) is 19.2 Å². The summed E-state index contributed by atoms with van der Waals surface area (Å²) in [6.45, 7) is -0.534. The molecule has 1 N–H and O–H groups in total. The second-order valence-corrected chi connectivity index (χ2v) is 6.50. The largest absolute Gasteiger partial charge is 0.482 e. The monoisotopic (exact) mass is 401 g/mol. The SMILES string of the molecule is O=C1COc2ccc(C(=O)COC(=O)CCC(=O)c3ccc(Cl)cc3)cc2N1. The van der Waals surface area contributed by atoms with E-state index in [1.165, 1.54) is 12.1 Å². The molecule has 0 atom stereocenters. The number of ether oxygens (including phenoxy) is 2. The summed E-state index contributed by atoms with van der Waals surface area (Å²) >= 11 is 5.77. The first-order valence-corrected chi connectivity index (χ1v) is 8.84. The third kappa shape index (κ3) is 4.95. The molecule has 28 heavy (non-hydrogen) atoms. The Balaban J connectivity index is 1.48. The molecule has 0 bridgehead atoms. The molecule has 1 aliphatic heterocycles. The second kappa shape index (κ2) is 8.67. The van der Waals surface area contributed by atoms with Crippen LogP contribution in [0.3, 0.4) is 0 Å². The number of esters is 1. The van der Waals surface area contributed by atoms with Gasteiger partial charge in [0.25, 0.3) is 5.91 Å². The molecule has 1 heterocycles. The normalized spacial score (nSPS) is 12.4. The van der Waals surface area contributed by atoms with Gasteiger partial charge in [0.05, 0.1) is 12.1 Å². The molecule has 1 amide bonds. The first-order chi connectivity index (χ1) is 13.4. The predicted octanol–water partition coefficient (Wildman–Crippen LogP) is 3.06. The lowest BCUT2D eigenvalue weighted by atomic mass is 10.1. The van der Waals surface area contributed by atoms with E-state index in [2.05, 4.69) is 5.32 Å². The van der Waals surface area contributed by atoms with Crippen molar-refractivity contribution in [1.82, 2.24) is 0 Å². The van der Waals surface area contributed by atoms with Crippen LogP contribution in [0.15, 0.2) is 42.5 Å². The number of nitrogens with one attached hydrogen (secondary N) is 1. The Labute approximate surface area is 165 Å². The van der Waals surface area contributed by atoms with E-state index < -0.39 is 18.4 Å². The highest BCUT2D eigenvalue weighted by atomic mass is 35.5. The quantitative estimate of drug-likeness (QED) is 0.565. The summed E-state index contributed by atoms with van der Waals surface area (Å²) in [5, 5.41) is 3.12. The average Bonchev–Trinajstić information content (AvgIpc) is 2.70. The molecule has 2 aromatic carbocycles. The molecule has 2 aromatic rings. The van der Waals surface area contributed by atoms with Crippen molar-refractivity contribution in [3.63, 3.8) is 0 Å². The van der Waals surface area contributed by atoms with E-state index in [0.29, 0.717) is 22.0 Å². The van der Waals surface area contributed by atoms with E-state index in [1.807, 2.05) is 0 Å². The van der Waals surface area contributed by atoms with Crippen molar-refractivity contribution in [1.29, 1.82) is 0 Å². The van der Waals surface area contributed by atoms with Gasteiger partial charge < -0.3 is 14.8 Å². The second-order valence-electron chi connectivity index (χ2n) is 6.06. The first-order valence-electron chi connectivity index (χ1n) is 8.46. The fraction of sp³-hybridized carbons (Fsp3) is 0.200. The summed E-state index contributed by atoms with van der Waals surface area (Å²) in [7, 11) is 0. The van der Waals surface area contributed by atoms with Crippen LogP contribution < -0.4 is 10.1 Å². The summed E-state index contributed by atoms with van der Waals surface area (Å²) in [6.07, 6.45) is -0.167. The number of hydrogen-bond donors (Lipinski definition) is 1. The highest BCUT2D eigenvalue weighted by Crippen LogP contribution is 2.28. The van der Waals surface area contributed by atoms with Crippen LogP contribution in [0.25, 0.3) is 0 Å². The van der Waals surface area contributed by atoms with Gasteiger partial charge >= 0.3 is 5.97 Å². The maximum atomic E-state index is 12.2. The Hall–Kier alpha value is -3.19. The number of carbonyl (C=O) groups is 4. The topological polar surface area (TPSA) is 98.8 Å². The Kier molecular flexibility index (Phi) is 6.06. The molecule has 0 radical (unpaired) electrons. The van der Waals surface area contributed by atoms with Crippen molar-refractivity contribution in [3.8, 4) is 5.75 Å². The van der Waals surface area contributed by atoms with Gasteiger partial charge in [0, 0.05) is 22.6 Å². The lowest BCUT2D eigenvalue weighted by Crippen LogP contribution is -2.25. The summed E-state index contributed by atoms with van der Waals surface area (Å²) < 4.78 is 10.2. The Morgan fingerprint density at radius 3 is 2.46 bits per heavy atom. The molecule has 0 aromatic heterocycles. The van der Waals surface area contributed by atoms with Crippen LogP contribution in [0, 0.1) is 0 Å². The lowest BCUT2D eigenvalue weighted by molar-refractivity contribution is -0.142. The molecule has 1 aliphatic rings. The molecule has 0 spiro atoms. The van der Waals surface area contributed by atoms with Crippen molar-refractivity contribution in [2.75, 3.05) is 18.5 Å². The first kappa shape index (κ1) is 19.6. The minimum absolute atomic E-state index is 0.0309. The Morgan fingerprint density at radius 2 is 1.71 bits per heavy atom. The van der Waals surface area contributed by atoms with Crippen LogP contribution >= 0.6 is 11.6 Å². The fourth-order valence-corrected chi connectivity index (χ4v) is 2.68. The lowest BCUT2D eigenvalue weighted by Gasteiger charge is -2.18. The summed E-state index contributed by atoms with van der Waals surface area (Å²) in [5.74, 6) is -1.14. The Bertz CT molecular complexity index is 938. The van der Waals surface area contributed by atoms with Gasteiger partial charge in [-0.05, 0) is 42.5 Å². The van der Waals surface area contributed by atoms with Gasteiger partial charge in [-0.25, -0.2) is 0 Å². The van der Waals surface area contributed by atoms with Crippen molar-refractivity contribution in [2.45, 2.75) is 12.8 Å². The summed E-state index contributed by atoms with van der Waals surface area (Å²) in [4.78, 5) is 47.4. The number of benzene rings is 2. The molecule has 7 nitrogen and oxygen atoms in total. The Morgan fingerprint density at radius 1 is 1.00 bits per heavy atom. The zero-order valence-electron chi connectivity index (χ0n) is 14.7. The number of fused-ring (bicyclic) bond motifs is 1. The summed E-state index contributed by atoms with van der Waals surface area (Å²) in [6, 6.07) is 10.9. The van der Waals surface area contributed by atoms with E-state index >= 15 is 0 Å². The number of hydrogen-bond acceptors (Lipinski definition) is 6. The molecular formula is C20H16ClNO6. The van der Waals surface area contributed by atoms with Crippen LogP contribution in [0.5, 0.6) is 5.75 Å². The molecule has 0 saturated carbocycles. The van der Waals surface area contributed by atoms with Crippen LogP contribution in [0.4, 0.5) is 5.69 Å². The zero-order valence-corrected chi connectivity index (χ0v) is 15.5. The van der Waals surface area contributed by atoms with Gasteiger partial charge in [-0.1, -0.05) is 11.6 Å². The predicted molar refractivity (Wildman–Crippen MR) is 101 cm³/mol. The summed E-state index contributed by atoms with van der Waals surface area (Å²) in [5.41, 5.74) is 1.11.